The molecule has 1 aromatic rings. The summed E-state index contributed by atoms with van der Waals surface area (Å²) in [6.07, 6.45) is 6.32. The summed E-state index contributed by atoms with van der Waals surface area (Å²) < 4.78 is 0. The minimum absolute atomic E-state index is 0.450. The van der Waals surface area contributed by atoms with Crippen molar-refractivity contribution in [2.75, 3.05) is 0 Å². The van der Waals surface area contributed by atoms with Crippen LogP contribution in [0.1, 0.15) is 42.5 Å². The van der Waals surface area contributed by atoms with Crippen LogP contribution >= 0.6 is 11.3 Å². The number of hydrogen-bond acceptors (Lipinski definition) is 3. The van der Waals surface area contributed by atoms with Crippen LogP contribution in [0.5, 0.6) is 0 Å². The van der Waals surface area contributed by atoms with Gasteiger partial charge in [-0.05, 0) is 38.2 Å². The van der Waals surface area contributed by atoms with E-state index in [0.717, 1.165) is 29.1 Å². The lowest BCUT2D eigenvalue weighted by Gasteiger charge is -2.16. The number of nitrogens with zero attached hydrogens (tertiary/aromatic N) is 1. The summed E-state index contributed by atoms with van der Waals surface area (Å²) in [5.41, 5.74) is 2.16. The van der Waals surface area contributed by atoms with Crippen LogP contribution in [-0.2, 0) is 0 Å². The van der Waals surface area contributed by atoms with Crippen molar-refractivity contribution in [3.63, 3.8) is 0 Å². The molecule has 1 unspecified atom stereocenters. The lowest BCUT2D eigenvalue weighted by atomic mass is 9.96. The number of aromatic nitrogens is 1. The van der Waals surface area contributed by atoms with E-state index in [1.165, 1.54) is 12.8 Å². The van der Waals surface area contributed by atoms with E-state index in [9.17, 15) is 5.11 Å². The van der Waals surface area contributed by atoms with Gasteiger partial charge in [0.1, 0.15) is 11.1 Å². The molecule has 0 aliphatic heterocycles. The van der Waals surface area contributed by atoms with Gasteiger partial charge in [-0.25, -0.2) is 4.98 Å². The van der Waals surface area contributed by atoms with Crippen LogP contribution < -0.4 is 0 Å². The van der Waals surface area contributed by atoms with Crippen molar-refractivity contribution in [3.05, 3.63) is 27.7 Å². The molecule has 1 N–H and O–H groups in total. The van der Waals surface area contributed by atoms with Gasteiger partial charge in [0.25, 0.3) is 0 Å². The van der Waals surface area contributed by atoms with E-state index in [4.69, 9.17) is 0 Å². The molecule has 1 aliphatic rings. The minimum Gasteiger partial charge on any atom is -0.381 e. The second kappa shape index (κ2) is 4.24. The third-order valence-electron chi connectivity index (χ3n) is 2.55. The van der Waals surface area contributed by atoms with Crippen LogP contribution in [0.4, 0.5) is 0 Å². The van der Waals surface area contributed by atoms with E-state index in [1.807, 2.05) is 12.3 Å². The predicted octanol–water partition coefficient (Wildman–Crippen LogP) is 2.99. The molecule has 1 heterocycles. The summed E-state index contributed by atoms with van der Waals surface area (Å²) in [5, 5.41) is 12.9. The molecule has 0 fully saturated rings. The molecule has 0 radical (unpaired) electrons. The molecule has 0 spiro atoms. The van der Waals surface area contributed by atoms with Gasteiger partial charge in [-0.2, -0.15) is 0 Å². The van der Waals surface area contributed by atoms with Crippen molar-refractivity contribution in [1.82, 2.24) is 4.98 Å². The Morgan fingerprint density at radius 3 is 2.93 bits per heavy atom. The van der Waals surface area contributed by atoms with E-state index in [1.54, 1.807) is 11.3 Å². The normalized spacial score (nSPS) is 19.1. The second-order valence-electron chi connectivity index (χ2n) is 3.75. The van der Waals surface area contributed by atoms with Crippen molar-refractivity contribution in [1.29, 1.82) is 0 Å². The number of rotatable bonds is 2. The molecular weight excluding hydrogens is 194 g/mol. The van der Waals surface area contributed by atoms with Gasteiger partial charge in [-0.1, -0.05) is 6.08 Å². The third kappa shape index (κ3) is 2.04. The summed E-state index contributed by atoms with van der Waals surface area (Å²) >= 11 is 1.55. The van der Waals surface area contributed by atoms with E-state index >= 15 is 0 Å². The lowest BCUT2D eigenvalue weighted by Crippen LogP contribution is -2.04. The number of thiazole rings is 1. The van der Waals surface area contributed by atoms with Crippen molar-refractivity contribution < 1.29 is 5.11 Å². The Bertz CT molecular complexity index is 343. The summed E-state index contributed by atoms with van der Waals surface area (Å²) in [4.78, 5) is 4.31. The van der Waals surface area contributed by atoms with Crippen molar-refractivity contribution in [2.45, 2.75) is 38.7 Å². The third-order valence-corrected chi connectivity index (χ3v) is 3.56. The maximum absolute atomic E-state index is 10.0. The van der Waals surface area contributed by atoms with E-state index in [0.29, 0.717) is 0 Å². The van der Waals surface area contributed by atoms with Crippen LogP contribution in [-0.4, -0.2) is 10.1 Å². The Labute approximate surface area is 88.3 Å². The number of allylic oxidation sites excluding steroid dienone is 1. The van der Waals surface area contributed by atoms with Crippen LogP contribution in [0, 0.1) is 6.92 Å². The predicted molar refractivity (Wildman–Crippen MR) is 58.4 cm³/mol. The zero-order valence-electron chi connectivity index (χ0n) is 8.36. The highest BCUT2D eigenvalue weighted by atomic mass is 32.1. The Balaban J connectivity index is 2.14. The summed E-state index contributed by atoms with van der Waals surface area (Å²) in [7, 11) is 0. The maximum Gasteiger partial charge on any atom is 0.127 e. The molecule has 14 heavy (non-hydrogen) atoms. The smallest absolute Gasteiger partial charge is 0.127 e. The highest BCUT2D eigenvalue weighted by molar-refractivity contribution is 7.09. The monoisotopic (exact) mass is 209 g/mol. The first-order valence-electron chi connectivity index (χ1n) is 5.06. The summed E-state index contributed by atoms with van der Waals surface area (Å²) in [6, 6.07) is 0. The number of aliphatic hydroxyl groups excluding tert-OH is 1. The fourth-order valence-corrected chi connectivity index (χ4v) is 2.59. The van der Waals surface area contributed by atoms with Gasteiger partial charge < -0.3 is 5.11 Å². The first-order valence-corrected chi connectivity index (χ1v) is 5.94. The molecule has 0 saturated carbocycles. The molecule has 2 rings (SSSR count). The topological polar surface area (TPSA) is 33.1 Å². The number of hydrogen-bond donors (Lipinski definition) is 1. The Hall–Kier alpha value is -0.670. The minimum atomic E-state index is -0.450. The molecular formula is C11H15NOS. The van der Waals surface area contributed by atoms with Gasteiger partial charge >= 0.3 is 0 Å². The van der Waals surface area contributed by atoms with Gasteiger partial charge in [0.2, 0.25) is 0 Å². The van der Waals surface area contributed by atoms with Crippen LogP contribution in [0.15, 0.2) is 17.0 Å². The van der Waals surface area contributed by atoms with Crippen LogP contribution in [0.2, 0.25) is 0 Å². The molecule has 1 atom stereocenters. The maximum atomic E-state index is 10.0. The summed E-state index contributed by atoms with van der Waals surface area (Å²) in [6.45, 7) is 1.96. The SMILES string of the molecule is Cc1csc(C(O)C2=CCCCC2)n1. The standard InChI is InChI=1S/C11H15NOS/c1-8-7-14-11(12-8)10(13)9-5-3-2-4-6-9/h5,7,10,13H,2-4,6H2,1H3. The number of aliphatic hydroxyl groups is 1. The van der Waals surface area contributed by atoms with E-state index in [-0.39, 0.29) is 0 Å². The first-order chi connectivity index (χ1) is 6.77. The van der Waals surface area contributed by atoms with Gasteiger partial charge in [-0.3, -0.25) is 0 Å². The second-order valence-corrected chi connectivity index (χ2v) is 4.64. The van der Waals surface area contributed by atoms with E-state index < -0.39 is 6.10 Å². The highest BCUT2D eigenvalue weighted by Crippen LogP contribution is 2.30. The molecule has 76 valence electrons. The van der Waals surface area contributed by atoms with Gasteiger partial charge in [0, 0.05) is 11.1 Å². The molecule has 0 amide bonds. The molecule has 0 saturated heterocycles. The highest BCUT2D eigenvalue weighted by Gasteiger charge is 2.17. The Kier molecular flexibility index (Phi) is 2.99. The zero-order valence-corrected chi connectivity index (χ0v) is 9.18. The largest absolute Gasteiger partial charge is 0.381 e. The van der Waals surface area contributed by atoms with E-state index in [2.05, 4.69) is 11.1 Å². The quantitative estimate of drug-likeness (QED) is 0.760. The summed E-state index contributed by atoms with van der Waals surface area (Å²) in [5.74, 6) is 0. The molecule has 0 aromatic carbocycles. The van der Waals surface area contributed by atoms with Crippen molar-refractivity contribution in [3.8, 4) is 0 Å². The van der Waals surface area contributed by atoms with Crippen molar-refractivity contribution in [2.24, 2.45) is 0 Å². The Morgan fingerprint density at radius 1 is 1.50 bits per heavy atom. The average molecular weight is 209 g/mol. The molecule has 0 bridgehead atoms. The Morgan fingerprint density at radius 2 is 2.36 bits per heavy atom. The van der Waals surface area contributed by atoms with Gasteiger partial charge in [0.15, 0.2) is 0 Å². The lowest BCUT2D eigenvalue weighted by molar-refractivity contribution is 0.207. The first kappa shape index (κ1) is 9.87. The molecule has 1 aliphatic carbocycles. The van der Waals surface area contributed by atoms with Crippen LogP contribution in [0.25, 0.3) is 0 Å². The molecule has 3 heteroatoms. The zero-order chi connectivity index (χ0) is 9.97. The number of aryl methyl sites for hydroxylation is 1. The van der Waals surface area contributed by atoms with Crippen LogP contribution in [0.3, 0.4) is 0 Å². The van der Waals surface area contributed by atoms with Crippen molar-refractivity contribution >= 4 is 11.3 Å². The average Bonchev–Trinajstić information content (AvgIpc) is 2.65. The van der Waals surface area contributed by atoms with Gasteiger partial charge in [0.05, 0.1) is 0 Å². The molecule has 1 aromatic heterocycles. The fourth-order valence-electron chi connectivity index (χ4n) is 1.77. The molecule has 2 nitrogen and oxygen atoms in total. The fraction of sp³-hybridized carbons (Fsp3) is 0.545. The van der Waals surface area contributed by atoms with Gasteiger partial charge in [-0.15, -0.1) is 11.3 Å².